The van der Waals surface area contributed by atoms with E-state index in [0.717, 1.165) is 24.3 Å². The summed E-state index contributed by atoms with van der Waals surface area (Å²) in [5.74, 6) is 1.59. The average Bonchev–Trinajstić information content (AvgIpc) is 2.79. The molecule has 0 atom stereocenters. The number of rotatable bonds is 15. The first-order valence-corrected chi connectivity index (χ1v) is 13.4. The van der Waals surface area contributed by atoms with E-state index in [2.05, 4.69) is 0 Å². The summed E-state index contributed by atoms with van der Waals surface area (Å²) in [7, 11) is 0. The Hall–Kier alpha value is -1.95. The highest BCUT2D eigenvalue weighted by molar-refractivity contribution is 7.98. The summed E-state index contributed by atoms with van der Waals surface area (Å²) in [5.41, 5.74) is 0.898. The summed E-state index contributed by atoms with van der Waals surface area (Å²) in [6, 6.07) is 15.2. The van der Waals surface area contributed by atoms with Crippen molar-refractivity contribution in [2.45, 2.75) is 89.6 Å². The van der Waals surface area contributed by atoms with Gasteiger partial charge >= 0.3 is 0 Å². The zero-order valence-corrected chi connectivity index (χ0v) is 21.9. The molecule has 0 aliphatic carbocycles. The molecule has 0 radical (unpaired) electrons. The molecule has 0 unspecified atom stereocenters. The van der Waals surface area contributed by atoms with Crippen LogP contribution in [0.4, 0.5) is 0 Å². The van der Waals surface area contributed by atoms with Crippen molar-refractivity contribution < 1.29 is 19.8 Å². The Balaban J connectivity index is 1.52. The fraction of sp³-hybridized carbons (Fsp3) is 0.517. The Morgan fingerprint density at radius 2 is 1.06 bits per heavy atom. The molecule has 0 aromatic heterocycles. The van der Waals surface area contributed by atoms with E-state index in [0.29, 0.717) is 11.1 Å². The number of hydrogen-bond donors (Lipinski definition) is 2. The number of aliphatic hydroxyl groups is 2. The molecule has 0 saturated carbocycles. The van der Waals surface area contributed by atoms with Crippen molar-refractivity contribution in [3.8, 4) is 0 Å². The highest BCUT2D eigenvalue weighted by Gasteiger charge is 2.25. The number of Topliss-reactive ketones (excluding diaryl/α,β-unsaturated/α-hetero) is 2. The Kier molecular flexibility index (Phi) is 11.0. The minimum absolute atomic E-state index is 0.242. The molecule has 0 aliphatic heterocycles. The van der Waals surface area contributed by atoms with Gasteiger partial charge in [-0.15, -0.1) is 0 Å². The Morgan fingerprint density at radius 1 is 0.647 bits per heavy atom. The summed E-state index contributed by atoms with van der Waals surface area (Å²) in [6.45, 7) is 6.07. The number of benzene rings is 2. The lowest BCUT2D eigenvalue weighted by Gasteiger charge is -2.15. The topological polar surface area (TPSA) is 74.6 Å². The smallest absolute Gasteiger partial charge is 0.193 e. The van der Waals surface area contributed by atoms with Crippen LogP contribution < -0.4 is 0 Å². The molecule has 2 aromatic carbocycles. The summed E-state index contributed by atoms with van der Waals surface area (Å²) < 4.78 is 0. The number of ketones is 2. The maximum atomic E-state index is 12.1. The molecule has 0 spiro atoms. The zero-order chi connectivity index (χ0) is 25.2. The Morgan fingerprint density at radius 3 is 1.53 bits per heavy atom. The molecule has 2 aromatic rings. The van der Waals surface area contributed by atoms with Crippen molar-refractivity contribution in [2.75, 3.05) is 5.75 Å². The molecule has 4 nitrogen and oxygen atoms in total. The van der Waals surface area contributed by atoms with E-state index >= 15 is 0 Å². The van der Waals surface area contributed by atoms with Crippen LogP contribution in [0.15, 0.2) is 48.5 Å². The highest BCUT2D eigenvalue weighted by atomic mass is 32.2. The largest absolute Gasteiger partial charge is 0.382 e. The van der Waals surface area contributed by atoms with Gasteiger partial charge in [-0.1, -0.05) is 74.2 Å². The number of carbonyl (C=O) groups excluding carboxylic acids is 2. The summed E-state index contributed by atoms with van der Waals surface area (Å²) in [5, 5.41) is 19.7. The fourth-order valence-corrected chi connectivity index (χ4v) is 4.69. The van der Waals surface area contributed by atoms with Gasteiger partial charge in [0.05, 0.1) is 0 Å². The Labute approximate surface area is 209 Å². The third-order valence-electron chi connectivity index (χ3n) is 5.82. The molecule has 0 heterocycles. The van der Waals surface area contributed by atoms with Crippen LogP contribution in [0.5, 0.6) is 0 Å². The molecule has 0 fully saturated rings. The molecule has 0 bridgehead atoms. The summed E-state index contributed by atoms with van der Waals surface area (Å²) >= 11 is 1.92. The molecule has 2 N–H and O–H groups in total. The first-order valence-electron chi connectivity index (χ1n) is 12.3. The second kappa shape index (κ2) is 13.2. The molecular formula is C29H40O4S. The predicted molar refractivity (Wildman–Crippen MR) is 142 cm³/mol. The normalized spacial score (nSPS) is 12.1. The lowest BCUT2D eigenvalue weighted by atomic mass is 9.95. The zero-order valence-electron chi connectivity index (χ0n) is 21.1. The minimum atomic E-state index is -1.33. The van der Waals surface area contributed by atoms with Gasteiger partial charge < -0.3 is 10.2 Å². The first-order chi connectivity index (χ1) is 16.0. The van der Waals surface area contributed by atoms with E-state index in [-0.39, 0.29) is 11.6 Å². The van der Waals surface area contributed by atoms with E-state index in [9.17, 15) is 19.8 Å². The van der Waals surface area contributed by atoms with Gasteiger partial charge in [0.15, 0.2) is 11.6 Å². The quantitative estimate of drug-likeness (QED) is 0.226. The molecule has 0 aliphatic rings. The number of aryl methyl sites for hydroxylation is 1. The molecule has 5 heteroatoms. The third-order valence-corrected chi connectivity index (χ3v) is 6.93. The maximum Gasteiger partial charge on any atom is 0.193 e. The monoisotopic (exact) mass is 484 g/mol. The van der Waals surface area contributed by atoms with Crippen LogP contribution in [0.25, 0.3) is 0 Å². The predicted octanol–water partition coefficient (Wildman–Crippen LogP) is 6.41. The second-order valence-corrected chi connectivity index (χ2v) is 11.2. The van der Waals surface area contributed by atoms with Crippen LogP contribution in [0.1, 0.15) is 98.1 Å². The van der Waals surface area contributed by atoms with E-state index < -0.39 is 11.2 Å². The van der Waals surface area contributed by atoms with E-state index in [1.54, 1.807) is 12.1 Å². The summed E-state index contributed by atoms with van der Waals surface area (Å²) in [6.07, 6.45) is 8.36. The lowest BCUT2D eigenvalue weighted by Crippen LogP contribution is -2.31. The van der Waals surface area contributed by atoms with Gasteiger partial charge in [0.1, 0.15) is 11.2 Å². The van der Waals surface area contributed by atoms with Crippen LogP contribution in [0.3, 0.4) is 0 Å². The molecule has 186 valence electrons. The van der Waals surface area contributed by atoms with Gasteiger partial charge in [-0.05, 0) is 63.8 Å². The van der Waals surface area contributed by atoms with Crippen LogP contribution in [0.2, 0.25) is 0 Å². The Bertz CT molecular complexity index is 826. The fourth-order valence-electron chi connectivity index (χ4n) is 3.71. The third kappa shape index (κ3) is 9.73. The molecule has 0 saturated heterocycles. The summed E-state index contributed by atoms with van der Waals surface area (Å²) in [4.78, 5) is 24.1. The van der Waals surface area contributed by atoms with Crippen molar-refractivity contribution in [2.24, 2.45) is 0 Å². The molecule has 0 amide bonds. The maximum absolute atomic E-state index is 12.1. The van der Waals surface area contributed by atoms with Crippen molar-refractivity contribution >= 4 is 23.3 Å². The van der Waals surface area contributed by atoms with Crippen molar-refractivity contribution in [3.05, 3.63) is 70.8 Å². The van der Waals surface area contributed by atoms with Gasteiger partial charge in [0, 0.05) is 16.9 Å². The van der Waals surface area contributed by atoms with Gasteiger partial charge in [0.25, 0.3) is 0 Å². The van der Waals surface area contributed by atoms with Crippen molar-refractivity contribution in [1.29, 1.82) is 0 Å². The minimum Gasteiger partial charge on any atom is -0.382 e. The van der Waals surface area contributed by atoms with Crippen LogP contribution in [0, 0.1) is 0 Å². The van der Waals surface area contributed by atoms with E-state index in [1.165, 1.54) is 70.9 Å². The molecule has 2 rings (SSSR count). The van der Waals surface area contributed by atoms with Gasteiger partial charge in [-0.25, -0.2) is 0 Å². The first kappa shape index (κ1) is 28.3. The highest BCUT2D eigenvalue weighted by Crippen LogP contribution is 2.19. The number of thioether (sulfide) groups is 1. The number of unbranched alkanes of at least 4 members (excludes halogenated alkanes) is 5. The van der Waals surface area contributed by atoms with Crippen LogP contribution >= 0.6 is 11.8 Å². The number of hydrogen-bond acceptors (Lipinski definition) is 5. The van der Waals surface area contributed by atoms with Gasteiger partial charge in [0.2, 0.25) is 0 Å². The van der Waals surface area contributed by atoms with E-state index in [4.69, 9.17) is 0 Å². The second-order valence-electron chi connectivity index (χ2n) is 10.1. The lowest BCUT2D eigenvalue weighted by molar-refractivity contribution is 0.0487. The molecular weight excluding hydrogens is 444 g/mol. The van der Waals surface area contributed by atoms with Crippen molar-refractivity contribution in [1.82, 2.24) is 0 Å². The van der Waals surface area contributed by atoms with Gasteiger partial charge in [-0.2, -0.15) is 11.8 Å². The number of carbonyl (C=O) groups is 2. The average molecular weight is 485 g/mol. The molecule has 34 heavy (non-hydrogen) atoms. The van der Waals surface area contributed by atoms with E-state index in [1.807, 2.05) is 48.2 Å². The SMILES string of the molecule is CC(C)(O)C(=O)c1ccc(CCCCCCCCSCc2ccc(C(=O)C(C)(C)O)cc2)cc1. The van der Waals surface area contributed by atoms with Crippen LogP contribution in [-0.2, 0) is 12.2 Å². The standard InChI is InChI=1S/C29H40O4S/c1-28(2,32)26(30)24-16-12-22(13-17-24)11-9-7-5-6-8-10-20-34-21-23-14-18-25(19-15-23)27(31)29(3,4)33/h12-19,32-33H,5-11,20-21H2,1-4H3. The van der Waals surface area contributed by atoms with Crippen molar-refractivity contribution in [3.63, 3.8) is 0 Å². The van der Waals surface area contributed by atoms with Gasteiger partial charge in [-0.3, -0.25) is 9.59 Å². The van der Waals surface area contributed by atoms with Crippen LogP contribution in [-0.4, -0.2) is 38.7 Å².